The largest absolute Gasteiger partial charge is 0.478 e. The van der Waals surface area contributed by atoms with Crippen LogP contribution in [0.4, 0.5) is 8.78 Å². The van der Waals surface area contributed by atoms with Crippen molar-refractivity contribution in [1.82, 2.24) is 9.88 Å². The number of nitrogens with two attached hydrogens (primary N) is 1. The van der Waals surface area contributed by atoms with Crippen LogP contribution in [-0.2, 0) is 17.9 Å². The Hall–Kier alpha value is -3.39. The molecule has 0 saturated heterocycles. The number of carbonyl (C=O) groups is 1. The maximum atomic E-state index is 13.2. The molecule has 2 aromatic rings. The van der Waals surface area contributed by atoms with Crippen molar-refractivity contribution in [2.45, 2.75) is 19.5 Å². The van der Waals surface area contributed by atoms with Crippen molar-refractivity contribution >= 4 is 12.3 Å². The van der Waals surface area contributed by atoms with Crippen LogP contribution in [0.5, 0.6) is 0 Å². The predicted molar refractivity (Wildman–Crippen MR) is 105 cm³/mol. The molecule has 0 amide bonds. The maximum absolute atomic E-state index is 13.2. The molecule has 1 aromatic carbocycles. The minimum absolute atomic E-state index is 0.326. The lowest BCUT2D eigenvalue weighted by molar-refractivity contribution is -0.132. The van der Waals surface area contributed by atoms with E-state index in [0.29, 0.717) is 37.2 Å². The van der Waals surface area contributed by atoms with Gasteiger partial charge in [-0.1, -0.05) is 6.07 Å². The topological polar surface area (TPSA) is 91.8 Å². The molecule has 150 valence electrons. The van der Waals surface area contributed by atoms with Crippen molar-refractivity contribution < 1.29 is 18.7 Å². The number of rotatable bonds is 4. The van der Waals surface area contributed by atoms with E-state index in [0.717, 1.165) is 29.0 Å². The molecule has 0 spiro atoms. The summed E-state index contributed by atoms with van der Waals surface area (Å²) in [6.07, 6.45) is 7.05. The second-order valence-corrected chi connectivity index (χ2v) is 6.58. The molecule has 2 aliphatic rings. The fourth-order valence-electron chi connectivity index (χ4n) is 2.94. The maximum Gasteiger partial charge on any atom is 0.331 e. The molecule has 4 rings (SSSR count). The number of hydrogen-bond donors (Lipinski definition) is 2. The van der Waals surface area contributed by atoms with Crippen LogP contribution in [0.3, 0.4) is 0 Å². The second-order valence-electron chi connectivity index (χ2n) is 6.58. The third-order valence-electron chi connectivity index (χ3n) is 4.46. The Morgan fingerprint density at radius 2 is 1.90 bits per heavy atom. The Balaban J connectivity index is 0.000000252. The number of carboxylic acids is 1. The predicted octanol–water partition coefficient (Wildman–Crippen LogP) is 3.02. The normalized spacial score (nSPS) is 14.9. The summed E-state index contributed by atoms with van der Waals surface area (Å²) in [6.45, 7) is 1.49. The zero-order valence-corrected chi connectivity index (χ0v) is 15.6. The van der Waals surface area contributed by atoms with Gasteiger partial charge in [0, 0.05) is 44.0 Å². The van der Waals surface area contributed by atoms with Gasteiger partial charge >= 0.3 is 5.97 Å². The first-order valence-corrected chi connectivity index (χ1v) is 8.93. The summed E-state index contributed by atoms with van der Waals surface area (Å²) < 4.78 is 26.1. The van der Waals surface area contributed by atoms with Gasteiger partial charge in [-0.3, -0.25) is 4.98 Å². The van der Waals surface area contributed by atoms with Gasteiger partial charge in [0.1, 0.15) is 0 Å². The molecule has 1 aliphatic carbocycles. The quantitative estimate of drug-likeness (QED) is 0.826. The van der Waals surface area contributed by atoms with Gasteiger partial charge < -0.3 is 15.7 Å². The summed E-state index contributed by atoms with van der Waals surface area (Å²) in [5, 5.41) is 8.98. The van der Waals surface area contributed by atoms with E-state index in [1.165, 1.54) is 6.07 Å². The van der Waals surface area contributed by atoms with E-state index in [1.54, 1.807) is 24.8 Å². The first-order valence-electron chi connectivity index (χ1n) is 8.93. The molecule has 2 heterocycles. The van der Waals surface area contributed by atoms with E-state index in [9.17, 15) is 13.6 Å². The summed E-state index contributed by atoms with van der Waals surface area (Å²) in [5.41, 5.74) is 9.02. The van der Waals surface area contributed by atoms with Crippen LogP contribution < -0.4 is 5.73 Å². The minimum atomic E-state index is -0.938. The Labute approximate surface area is 166 Å². The van der Waals surface area contributed by atoms with Gasteiger partial charge in [-0.2, -0.15) is 0 Å². The van der Waals surface area contributed by atoms with Gasteiger partial charge in [-0.05, 0) is 47.0 Å². The number of halogens is 2. The number of allylic oxidation sites excluding steroid dienone is 1. The third kappa shape index (κ3) is 5.32. The van der Waals surface area contributed by atoms with Crippen LogP contribution >= 0.6 is 0 Å². The molecule has 6 nitrogen and oxygen atoms in total. The lowest BCUT2D eigenvalue weighted by Gasteiger charge is -2.23. The molecule has 1 aromatic heterocycles. The van der Waals surface area contributed by atoms with Crippen molar-refractivity contribution in [2.24, 2.45) is 10.7 Å². The fraction of sp³-hybridized carbons (Fsp3) is 0.190. The standard InChI is InChI=1S/C15H12F2N2O2.C6H8N2/c16-12-2-1-9(3-13(12)17)6-19-7-11-4-10(15(20)21)5-14(11)18-8-19;7-5-6-1-3-8-4-2-6/h1-4,8H,5-7H2,(H,20,21);1-4H,5,7H2. The number of nitrogens with zero attached hydrogens (tertiary/aromatic N) is 3. The van der Waals surface area contributed by atoms with Crippen molar-refractivity contribution in [3.05, 3.63) is 88.4 Å². The lowest BCUT2D eigenvalue weighted by atomic mass is 10.1. The van der Waals surface area contributed by atoms with E-state index in [1.807, 2.05) is 17.0 Å². The number of aliphatic carboxylic acids is 1. The highest BCUT2D eigenvalue weighted by molar-refractivity contribution is 5.89. The summed E-state index contributed by atoms with van der Waals surface area (Å²) in [7, 11) is 0. The van der Waals surface area contributed by atoms with Crippen LogP contribution in [-0.4, -0.2) is 33.8 Å². The number of hydrogen-bond acceptors (Lipinski definition) is 5. The first-order chi connectivity index (χ1) is 14.0. The monoisotopic (exact) mass is 398 g/mol. The highest BCUT2D eigenvalue weighted by atomic mass is 19.2. The SMILES string of the molecule is NCc1ccncc1.O=C(O)C1=CC2=C(C1)N=CN(Cc1ccc(F)c(F)c1)C2. The Bertz CT molecular complexity index is 987. The zero-order valence-electron chi connectivity index (χ0n) is 15.6. The number of pyridine rings is 1. The molecular weight excluding hydrogens is 378 g/mol. The van der Waals surface area contributed by atoms with E-state index in [-0.39, 0.29) is 0 Å². The molecule has 29 heavy (non-hydrogen) atoms. The number of aromatic nitrogens is 1. The number of benzene rings is 1. The highest BCUT2D eigenvalue weighted by Crippen LogP contribution is 2.29. The molecule has 0 bridgehead atoms. The van der Waals surface area contributed by atoms with Gasteiger partial charge in [0.15, 0.2) is 11.6 Å². The van der Waals surface area contributed by atoms with E-state index < -0.39 is 17.6 Å². The third-order valence-corrected chi connectivity index (χ3v) is 4.46. The van der Waals surface area contributed by atoms with Crippen LogP contribution in [0.2, 0.25) is 0 Å². The molecular formula is C21H20F2N4O2. The number of aliphatic imine (C=N–C) groups is 1. The van der Waals surface area contributed by atoms with Crippen molar-refractivity contribution in [1.29, 1.82) is 0 Å². The van der Waals surface area contributed by atoms with Gasteiger partial charge in [0.25, 0.3) is 0 Å². The molecule has 8 heteroatoms. The Morgan fingerprint density at radius 3 is 2.52 bits per heavy atom. The molecule has 0 saturated carbocycles. The highest BCUT2D eigenvalue weighted by Gasteiger charge is 2.23. The molecule has 0 unspecified atom stereocenters. The summed E-state index contributed by atoms with van der Waals surface area (Å²) in [6, 6.07) is 7.57. The lowest BCUT2D eigenvalue weighted by Crippen LogP contribution is -2.26. The van der Waals surface area contributed by atoms with Crippen LogP contribution in [0.25, 0.3) is 0 Å². The van der Waals surface area contributed by atoms with Gasteiger partial charge in [-0.25, -0.2) is 18.6 Å². The fourth-order valence-corrected chi connectivity index (χ4v) is 2.94. The second kappa shape index (κ2) is 9.20. The Morgan fingerprint density at radius 1 is 1.14 bits per heavy atom. The van der Waals surface area contributed by atoms with E-state index in [4.69, 9.17) is 10.8 Å². The van der Waals surface area contributed by atoms with Crippen molar-refractivity contribution in [3.63, 3.8) is 0 Å². The smallest absolute Gasteiger partial charge is 0.331 e. The minimum Gasteiger partial charge on any atom is -0.478 e. The Kier molecular flexibility index (Phi) is 6.46. The van der Waals surface area contributed by atoms with Gasteiger partial charge in [-0.15, -0.1) is 0 Å². The van der Waals surface area contributed by atoms with Gasteiger partial charge in [0.2, 0.25) is 0 Å². The average molecular weight is 398 g/mol. The van der Waals surface area contributed by atoms with Crippen LogP contribution in [0.1, 0.15) is 17.5 Å². The molecule has 3 N–H and O–H groups in total. The first kappa shape index (κ1) is 20.3. The van der Waals surface area contributed by atoms with Crippen LogP contribution in [0, 0.1) is 11.6 Å². The summed E-state index contributed by atoms with van der Waals surface area (Å²) in [5.74, 6) is -2.69. The summed E-state index contributed by atoms with van der Waals surface area (Å²) in [4.78, 5) is 20.9. The molecule has 0 radical (unpaired) electrons. The summed E-state index contributed by atoms with van der Waals surface area (Å²) >= 11 is 0. The van der Waals surface area contributed by atoms with E-state index in [2.05, 4.69) is 9.98 Å². The zero-order chi connectivity index (χ0) is 20.8. The molecule has 0 atom stereocenters. The molecule has 1 aliphatic heterocycles. The number of carboxylic acid groups (broad SMARTS) is 1. The van der Waals surface area contributed by atoms with E-state index >= 15 is 0 Å². The molecule has 0 fully saturated rings. The van der Waals surface area contributed by atoms with Crippen molar-refractivity contribution in [3.8, 4) is 0 Å². The van der Waals surface area contributed by atoms with Gasteiger partial charge in [0.05, 0.1) is 12.0 Å². The van der Waals surface area contributed by atoms with Crippen LogP contribution in [0.15, 0.2) is 70.6 Å². The average Bonchev–Trinajstić information content (AvgIpc) is 3.16. The van der Waals surface area contributed by atoms with Crippen molar-refractivity contribution in [2.75, 3.05) is 6.54 Å².